The Bertz CT molecular complexity index is 817. The SMILES string of the molecule is O=C1c2ccccc2C(=O)N1CCOc1ccc(Cl)cc1[N+](=O)[O-]. The molecule has 0 aromatic heterocycles. The predicted octanol–water partition coefficient (Wildman–Crippen LogP) is 2.92. The van der Waals surface area contributed by atoms with Crippen LogP contribution in [0.25, 0.3) is 0 Å². The topological polar surface area (TPSA) is 89.8 Å². The maximum Gasteiger partial charge on any atom is 0.312 e. The molecule has 8 heteroatoms. The first-order valence-electron chi connectivity index (χ1n) is 7.01. The molecule has 2 aromatic carbocycles. The lowest BCUT2D eigenvalue weighted by Gasteiger charge is -2.14. The van der Waals surface area contributed by atoms with Crippen LogP contribution in [0.4, 0.5) is 5.69 Å². The minimum Gasteiger partial charge on any atom is -0.485 e. The second-order valence-corrected chi connectivity index (χ2v) is 5.46. The average Bonchev–Trinajstić information content (AvgIpc) is 2.81. The Morgan fingerprint density at radius 2 is 1.71 bits per heavy atom. The Balaban J connectivity index is 1.69. The van der Waals surface area contributed by atoms with Gasteiger partial charge in [0, 0.05) is 11.1 Å². The summed E-state index contributed by atoms with van der Waals surface area (Å²) in [6.07, 6.45) is 0. The van der Waals surface area contributed by atoms with Crippen LogP contribution >= 0.6 is 11.6 Å². The van der Waals surface area contributed by atoms with E-state index in [9.17, 15) is 19.7 Å². The highest BCUT2D eigenvalue weighted by molar-refractivity contribution is 6.30. The first kappa shape index (κ1) is 15.9. The van der Waals surface area contributed by atoms with Gasteiger partial charge in [-0.25, -0.2) is 0 Å². The van der Waals surface area contributed by atoms with Crippen molar-refractivity contribution in [2.75, 3.05) is 13.2 Å². The van der Waals surface area contributed by atoms with Gasteiger partial charge in [0.1, 0.15) is 6.61 Å². The molecule has 0 saturated heterocycles. The minimum atomic E-state index is -0.608. The summed E-state index contributed by atoms with van der Waals surface area (Å²) in [5.41, 5.74) is 0.421. The van der Waals surface area contributed by atoms with Gasteiger partial charge in [0.25, 0.3) is 11.8 Å². The van der Waals surface area contributed by atoms with Gasteiger partial charge in [-0.15, -0.1) is 0 Å². The fraction of sp³-hybridized carbons (Fsp3) is 0.125. The minimum absolute atomic E-state index is 0.00781. The number of nitrogens with zero attached hydrogens (tertiary/aromatic N) is 2. The fourth-order valence-electron chi connectivity index (χ4n) is 2.44. The molecule has 0 spiro atoms. The van der Waals surface area contributed by atoms with Crippen molar-refractivity contribution in [3.63, 3.8) is 0 Å². The third-order valence-corrected chi connectivity index (χ3v) is 3.80. The highest BCUT2D eigenvalue weighted by Crippen LogP contribution is 2.30. The van der Waals surface area contributed by atoms with Gasteiger partial charge >= 0.3 is 5.69 Å². The molecule has 1 aliphatic heterocycles. The number of amides is 2. The van der Waals surface area contributed by atoms with Gasteiger partial charge in [0.05, 0.1) is 22.6 Å². The lowest BCUT2D eigenvalue weighted by atomic mass is 10.1. The first-order chi connectivity index (χ1) is 11.5. The molecule has 7 nitrogen and oxygen atoms in total. The number of carbonyl (C=O) groups excluding carboxylic acids is 2. The standard InChI is InChI=1S/C16H11ClN2O5/c17-10-5-6-14(13(9-10)19(22)23)24-8-7-18-15(20)11-3-1-2-4-12(11)16(18)21/h1-6,9H,7-8H2. The molecule has 0 unspecified atom stereocenters. The van der Waals surface area contributed by atoms with E-state index in [1.807, 2.05) is 0 Å². The molecule has 0 fully saturated rings. The molecular weight excluding hydrogens is 336 g/mol. The zero-order chi connectivity index (χ0) is 17.3. The summed E-state index contributed by atoms with van der Waals surface area (Å²) < 4.78 is 5.36. The molecule has 1 aliphatic rings. The van der Waals surface area contributed by atoms with E-state index in [-0.39, 0.29) is 29.6 Å². The second-order valence-electron chi connectivity index (χ2n) is 5.03. The molecule has 0 atom stereocenters. The second kappa shape index (κ2) is 6.29. The van der Waals surface area contributed by atoms with E-state index < -0.39 is 16.7 Å². The van der Waals surface area contributed by atoms with Crippen LogP contribution in [-0.2, 0) is 0 Å². The van der Waals surface area contributed by atoms with E-state index in [0.29, 0.717) is 11.1 Å². The highest BCUT2D eigenvalue weighted by Gasteiger charge is 2.34. The molecule has 0 saturated carbocycles. The quantitative estimate of drug-likeness (QED) is 0.471. The van der Waals surface area contributed by atoms with Crippen molar-refractivity contribution in [3.05, 3.63) is 68.7 Å². The molecule has 2 amide bonds. The number of hydrogen-bond acceptors (Lipinski definition) is 5. The van der Waals surface area contributed by atoms with Gasteiger partial charge in [-0.3, -0.25) is 24.6 Å². The Labute approximate surface area is 141 Å². The maximum absolute atomic E-state index is 12.2. The van der Waals surface area contributed by atoms with Gasteiger partial charge in [0.15, 0.2) is 5.75 Å². The summed E-state index contributed by atoms with van der Waals surface area (Å²) in [6, 6.07) is 10.6. The molecule has 0 radical (unpaired) electrons. The smallest absolute Gasteiger partial charge is 0.312 e. The van der Waals surface area contributed by atoms with Crippen LogP contribution in [0.5, 0.6) is 5.75 Å². The molecule has 3 rings (SSSR count). The van der Waals surface area contributed by atoms with Crippen molar-refractivity contribution in [3.8, 4) is 5.75 Å². The Morgan fingerprint density at radius 1 is 1.08 bits per heavy atom. The molecule has 122 valence electrons. The monoisotopic (exact) mass is 346 g/mol. The summed E-state index contributed by atoms with van der Waals surface area (Å²) >= 11 is 5.73. The number of benzene rings is 2. The lowest BCUT2D eigenvalue weighted by Crippen LogP contribution is -2.33. The summed E-state index contributed by atoms with van der Waals surface area (Å²) in [7, 11) is 0. The number of ether oxygens (including phenoxy) is 1. The van der Waals surface area contributed by atoms with Crippen molar-refractivity contribution in [2.24, 2.45) is 0 Å². The highest BCUT2D eigenvalue weighted by atomic mass is 35.5. The number of carbonyl (C=O) groups is 2. The van der Waals surface area contributed by atoms with Gasteiger partial charge in [-0.05, 0) is 24.3 Å². The molecule has 1 heterocycles. The van der Waals surface area contributed by atoms with Crippen LogP contribution in [0.2, 0.25) is 5.02 Å². The molecule has 2 aromatic rings. The van der Waals surface area contributed by atoms with Gasteiger partial charge in [-0.1, -0.05) is 23.7 Å². The number of rotatable bonds is 5. The first-order valence-corrected chi connectivity index (χ1v) is 7.39. The number of imide groups is 1. The fourth-order valence-corrected chi connectivity index (χ4v) is 2.61. The van der Waals surface area contributed by atoms with E-state index >= 15 is 0 Å². The number of halogens is 1. The number of nitro benzene ring substituents is 1. The van der Waals surface area contributed by atoms with E-state index in [4.69, 9.17) is 16.3 Å². The normalized spacial score (nSPS) is 13.1. The summed E-state index contributed by atoms with van der Waals surface area (Å²) in [4.78, 5) is 35.8. The molecule has 0 bridgehead atoms. The van der Waals surface area contributed by atoms with Crippen LogP contribution in [0.3, 0.4) is 0 Å². The van der Waals surface area contributed by atoms with Crippen molar-refractivity contribution >= 4 is 29.1 Å². The van der Waals surface area contributed by atoms with Crippen LogP contribution in [-0.4, -0.2) is 34.8 Å². The van der Waals surface area contributed by atoms with Crippen molar-refractivity contribution in [2.45, 2.75) is 0 Å². The maximum atomic E-state index is 12.2. The molecule has 0 N–H and O–H groups in total. The average molecular weight is 347 g/mol. The summed E-state index contributed by atoms with van der Waals surface area (Å²) in [5.74, 6) is -0.768. The predicted molar refractivity (Wildman–Crippen MR) is 85.4 cm³/mol. The van der Waals surface area contributed by atoms with Crippen molar-refractivity contribution in [1.82, 2.24) is 4.90 Å². The van der Waals surface area contributed by atoms with Crippen LogP contribution in [0.15, 0.2) is 42.5 Å². The summed E-state index contributed by atoms with van der Waals surface area (Å²) in [5, 5.41) is 11.2. The third-order valence-electron chi connectivity index (χ3n) is 3.57. The van der Waals surface area contributed by atoms with Gasteiger partial charge in [0.2, 0.25) is 0 Å². The number of nitro groups is 1. The largest absolute Gasteiger partial charge is 0.485 e. The lowest BCUT2D eigenvalue weighted by molar-refractivity contribution is -0.385. The summed E-state index contributed by atoms with van der Waals surface area (Å²) in [6.45, 7) is -0.0694. The zero-order valence-corrected chi connectivity index (χ0v) is 13.0. The van der Waals surface area contributed by atoms with Crippen LogP contribution < -0.4 is 4.74 Å². The number of fused-ring (bicyclic) bond motifs is 1. The van der Waals surface area contributed by atoms with Crippen molar-refractivity contribution in [1.29, 1.82) is 0 Å². The Kier molecular flexibility index (Phi) is 4.18. The van der Waals surface area contributed by atoms with E-state index in [1.54, 1.807) is 24.3 Å². The molecule has 24 heavy (non-hydrogen) atoms. The van der Waals surface area contributed by atoms with E-state index in [1.165, 1.54) is 18.2 Å². The van der Waals surface area contributed by atoms with Crippen molar-refractivity contribution < 1.29 is 19.2 Å². The third kappa shape index (κ3) is 2.81. The Morgan fingerprint density at radius 3 is 2.29 bits per heavy atom. The van der Waals surface area contributed by atoms with E-state index in [2.05, 4.69) is 0 Å². The Hall–Kier alpha value is -2.93. The molecule has 0 aliphatic carbocycles. The zero-order valence-electron chi connectivity index (χ0n) is 12.3. The number of hydrogen-bond donors (Lipinski definition) is 0. The van der Waals surface area contributed by atoms with Gasteiger partial charge < -0.3 is 4.74 Å². The van der Waals surface area contributed by atoms with Gasteiger partial charge in [-0.2, -0.15) is 0 Å². The molecular formula is C16H11ClN2O5. The van der Waals surface area contributed by atoms with Crippen LogP contribution in [0, 0.1) is 10.1 Å². The van der Waals surface area contributed by atoms with Crippen LogP contribution in [0.1, 0.15) is 20.7 Å². The van der Waals surface area contributed by atoms with E-state index in [0.717, 1.165) is 4.90 Å².